The van der Waals surface area contributed by atoms with E-state index in [2.05, 4.69) is 9.97 Å². The fraction of sp³-hybridized carbons (Fsp3) is 0.556. The molecule has 3 atom stereocenters. The molecule has 0 aromatic carbocycles. The third-order valence-corrected chi connectivity index (χ3v) is 5.63. The predicted molar refractivity (Wildman–Crippen MR) is 93.1 cm³/mol. The molecule has 1 aliphatic heterocycles. The number of fused-ring (bicyclic) bond motifs is 1. The van der Waals surface area contributed by atoms with Crippen LogP contribution in [0.25, 0.3) is 11.3 Å². The van der Waals surface area contributed by atoms with E-state index >= 15 is 0 Å². The highest BCUT2D eigenvalue weighted by atomic mass is 19.4. The molecule has 164 valence electrons. The van der Waals surface area contributed by atoms with Gasteiger partial charge in [0.05, 0.1) is 11.3 Å². The summed E-state index contributed by atoms with van der Waals surface area (Å²) in [5, 5.41) is 0. The van der Waals surface area contributed by atoms with E-state index in [4.69, 9.17) is 5.73 Å². The third kappa shape index (κ3) is 3.96. The number of rotatable bonds is 5. The number of pyridine rings is 1. The Hall–Kier alpha value is -2.37. The van der Waals surface area contributed by atoms with Crippen molar-refractivity contribution in [2.45, 2.75) is 24.8 Å². The van der Waals surface area contributed by atoms with E-state index in [1.165, 1.54) is 10.8 Å². The molecule has 1 saturated carbocycles. The lowest BCUT2D eigenvalue weighted by Crippen LogP contribution is -2.27. The molecule has 1 aliphatic carbocycles. The maximum absolute atomic E-state index is 13.1. The monoisotopic (exact) mass is 437 g/mol. The average Bonchev–Trinajstić information content (AvgIpc) is 2.96. The molecule has 5 nitrogen and oxygen atoms in total. The molecular formula is C18H18F7N5. The fourth-order valence-corrected chi connectivity index (χ4v) is 4.28. The summed E-state index contributed by atoms with van der Waals surface area (Å²) in [6.07, 6.45) is -8.17. The Morgan fingerprint density at radius 3 is 2.33 bits per heavy atom. The van der Waals surface area contributed by atoms with Gasteiger partial charge in [0.15, 0.2) is 0 Å². The van der Waals surface area contributed by atoms with Crippen molar-refractivity contribution in [2.24, 2.45) is 11.8 Å². The van der Waals surface area contributed by atoms with Gasteiger partial charge in [-0.25, -0.2) is 14.4 Å². The van der Waals surface area contributed by atoms with Gasteiger partial charge in [0, 0.05) is 43.6 Å². The molecule has 0 spiro atoms. The minimum atomic E-state index is -4.75. The third-order valence-electron chi connectivity index (χ3n) is 5.63. The molecule has 2 fully saturated rings. The molecule has 2 aromatic heterocycles. The summed E-state index contributed by atoms with van der Waals surface area (Å²) in [4.78, 5) is 9.42. The number of nitrogens with zero attached hydrogens (tertiary/aromatic N) is 4. The lowest BCUT2D eigenvalue weighted by Gasteiger charge is -2.19. The number of aromatic nitrogens is 3. The quantitative estimate of drug-likeness (QED) is 0.725. The van der Waals surface area contributed by atoms with Crippen LogP contribution in [0.3, 0.4) is 0 Å². The Balaban J connectivity index is 1.66. The van der Waals surface area contributed by atoms with Crippen LogP contribution in [0.2, 0.25) is 0 Å². The minimum Gasteiger partial charge on any atom is -0.383 e. The largest absolute Gasteiger partial charge is 0.419 e. The number of hydrogen-bond acceptors (Lipinski definition) is 4. The van der Waals surface area contributed by atoms with Crippen LogP contribution >= 0.6 is 0 Å². The van der Waals surface area contributed by atoms with Crippen molar-refractivity contribution in [3.8, 4) is 11.3 Å². The maximum Gasteiger partial charge on any atom is 0.419 e. The molecule has 2 aliphatic rings. The summed E-state index contributed by atoms with van der Waals surface area (Å²) in [5.41, 5.74) is 4.03. The first-order valence-electron chi connectivity index (χ1n) is 9.24. The minimum absolute atomic E-state index is 0.0298. The van der Waals surface area contributed by atoms with E-state index < -0.39 is 36.8 Å². The number of anilines is 1. The van der Waals surface area contributed by atoms with Crippen LogP contribution in [-0.4, -0.2) is 51.9 Å². The van der Waals surface area contributed by atoms with E-state index in [1.54, 1.807) is 0 Å². The summed E-state index contributed by atoms with van der Waals surface area (Å²) < 4.78 is 92.5. The van der Waals surface area contributed by atoms with Gasteiger partial charge in [-0.1, -0.05) is 0 Å². The van der Waals surface area contributed by atoms with Gasteiger partial charge >= 0.3 is 12.4 Å². The molecule has 12 heteroatoms. The molecule has 2 N–H and O–H groups in total. The van der Waals surface area contributed by atoms with Crippen LogP contribution in [0.1, 0.15) is 17.4 Å². The number of piperidine rings is 1. The van der Waals surface area contributed by atoms with Crippen molar-refractivity contribution in [3.63, 3.8) is 0 Å². The summed E-state index contributed by atoms with van der Waals surface area (Å²) >= 11 is 0. The van der Waals surface area contributed by atoms with E-state index in [0.717, 1.165) is 12.3 Å². The van der Waals surface area contributed by atoms with Crippen molar-refractivity contribution >= 4 is 5.82 Å². The topological polar surface area (TPSA) is 60.0 Å². The van der Waals surface area contributed by atoms with Crippen molar-refractivity contribution in [3.05, 3.63) is 29.8 Å². The number of halogens is 7. The fourth-order valence-electron chi connectivity index (χ4n) is 4.28. The zero-order chi connectivity index (χ0) is 21.8. The second kappa shape index (κ2) is 7.10. The normalized spacial score (nSPS) is 24.3. The highest BCUT2D eigenvalue weighted by Gasteiger charge is 2.57. The highest BCUT2D eigenvalue weighted by molar-refractivity contribution is 5.62. The molecule has 3 heterocycles. The van der Waals surface area contributed by atoms with Gasteiger partial charge in [-0.15, -0.1) is 0 Å². The Kier molecular flexibility index (Phi) is 4.94. The van der Waals surface area contributed by atoms with E-state index in [0.29, 0.717) is 13.1 Å². The van der Waals surface area contributed by atoms with Gasteiger partial charge in [-0.2, -0.15) is 26.3 Å². The van der Waals surface area contributed by atoms with Crippen molar-refractivity contribution in [2.75, 3.05) is 32.0 Å². The molecule has 0 bridgehead atoms. The highest BCUT2D eigenvalue weighted by Crippen LogP contribution is 2.56. The van der Waals surface area contributed by atoms with Crippen LogP contribution in [-0.2, 0) is 12.6 Å². The molecule has 4 rings (SSSR count). The van der Waals surface area contributed by atoms with Gasteiger partial charge in [0.2, 0.25) is 0 Å². The number of likely N-dealkylation sites (tertiary alicyclic amines) is 1. The Morgan fingerprint density at radius 2 is 1.77 bits per heavy atom. The summed E-state index contributed by atoms with van der Waals surface area (Å²) in [6.45, 7) is 0.922. The standard InChI is InChI=1S/C18H18F7N5/c19-1-2-29-6-10-11(7-29)15(10)30-8-13(28-14(30)4-17(20,21)22)9-3-12(18(23,24)25)16(26)27-5-9/h3,5,8,10-11,15H,1-2,4,6-7H2,(H2,26,27)/t10-,11+,15?. The van der Waals surface area contributed by atoms with Crippen molar-refractivity contribution in [1.29, 1.82) is 0 Å². The molecule has 0 radical (unpaired) electrons. The number of imidazole rings is 1. The Morgan fingerprint density at radius 1 is 1.10 bits per heavy atom. The van der Waals surface area contributed by atoms with Crippen LogP contribution in [0.4, 0.5) is 36.6 Å². The van der Waals surface area contributed by atoms with Gasteiger partial charge in [-0.05, 0) is 17.9 Å². The SMILES string of the molecule is Nc1ncc(-c2cn(C3[C@H]4CN(CCF)C[C@@H]34)c(CC(F)(F)F)n2)cc1C(F)(F)F. The van der Waals surface area contributed by atoms with Gasteiger partial charge in [0.25, 0.3) is 0 Å². The first-order valence-corrected chi connectivity index (χ1v) is 9.24. The molecule has 1 unspecified atom stereocenters. The number of nitrogen functional groups attached to an aromatic ring is 1. The summed E-state index contributed by atoms with van der Waals surface area (Å²) in [7, 11) is 0. The van der Waals surface area contributed by atoms with Gasteiger partial charge < -0.3 is 15.2 Å². The number of hydrogen-bond donors (Lipinski definition) is 1. The van der Waals surface area contributed by atoms with E-state index in [1.807, 2.05) is 4.90 Å². The molecular weight excluding hydrogens is 419 g/mol. The number of nitrogens with two attached hydrogens (primary N) is 1. The molecule has 2 aromatic rings. The smallest absolute Gasteiger partial charge is 0.383 e. The van der Waals surface area contributed by atoms with Crippen LogP contribution in [0.5, 0.6) is 0 Å². The maximum atomic E-state index is 13.1. The zero-order valence-electron chi connectivity index (χ0n) is 15.5. The van der Waals surface area contributed by atoms with Gasteiger partial charge in [0.1, 0.15) is 24.7 Å². The molecule has 0 amide bonds. The first-order chi connectivity index (χ1) is 14.0. The second-order valence-electron chi connectivity index (χ2n) is 7.66. The van der Waals surface area contributed by atoms with Crippen LogP contribution in [0.15, 0.2) is 18.5 Å². The Bertz CT molecular complexity index is 924. The summed E-state index contributed by atoms with van der Waals surface area (Å²) in [5.74, 6) is -0.841. The van der Waals surface area contributed by atoms with E-state index in [9.17, 15) is 30.7 Å². The van der Waals surface area contributed by atoms with Crippen molar-refractivity contribution < 1.29 is 30.7 Å². The predicted octanol–water partition coefficient (Wildman–Crippen LogP) is 3.72. The van der Waals surface area contributed by atoms with E-state index in [-0.39, 0.29) is 41.5 Å². The number of alkyl halides is 7. The van der Waals surface area contributed by atoms with Gasteiger partial charge in [-0.3, -0.25) is 0 Å². The van der Waals surface area contributed by atoms with Crippen LogP contribution < -0.4 is 5.73 Å². The average molecular weight is 437 g/mol. The lowest BCUT2D eigenvalue weighted by molar-refractivity contribution is -0.137. The van der Waals surface area contributed by atoms with Crippen LogP contribution in [0, 0.1) is 11.8 Å². The first kappa shape index (κ1) is 20.9. The zero-order valence-corrected chi connectivity index (χ0v) is 15.5. The molecule has 30 heavy (non-hydrogen) atoms. The molecule has 1 saturated heterocycles. The second-order valence-corrected chi connectivity index (χ2v) is 7.66. The van der Waals surface area contributed by atoms with Crippen molar-refractivity contribution in [1.82, 2.24) is 19.4 Å². The lowest BCUT2D eigenvalue weighted by atomic mass is 10.1. The Labute approximate surface area is 166 Å². The summed E-state index contributed by atoms with van der Waals surface area (Å²) in [6, 6.07) is 0.506.